The average molecular weight is 275 g/mol. The minimum absolute atomic E-state index is 0.0252. The van der Waals surface area contributed by atoms with Crippen LogP contribution in [0.5, 0.6) is 0 Å². The van der Waals surface area contributed by atoms with Gasteiger partial charge in [-0.15, -0.1) is 0 Å². The van der Waals surface area contributed by atoms with Gasteiger partial charge < -0.3 is 10.1 Å². The Morgan fingerprint density at radius 1 is 1.05 bits per heavy atom. The monoisotopic (exact) mass is 275 g/mol. The van der Waals surface area contributed by atoms with Crippen molar-refractivity contribution in [3.05, 3.63) is 35.9 Å². The molecule has 1 aromatic carbocycles. The van der Waals surface area contributed by atoms with E-state index in [2.05, 4.69) is 49.5 Å². The molecule has 0 aliphatic heterocycles. The van der Waals surface area contributed by atoms with Crippen molar-refractivity contribution in [2.45, 2.75) is 64.0 Å². The standard InChI is InChI=1S/C18H29NO/c1-3-19-17(16-12-8-7-9-13-16)18(20-4-2)14-10-5-6-11-15-18/h7-9,12-13,17,19H,3-6,10-11,14-15H2,1-2H3. The summed E-state index contributed by atoms with van der Waals surface area (Å²) in [5, 5.41) is 3.70. The van der Waals surface area contributed by atoms with Gasteiger partial charge in [0.2, 0.25) is 0 Å². The van der Waals surface area contributed by atoms with E-state index in [1.165, 1.54) is 44.1 Å². The maximum atomic E-state index is 6.36. The molecule has 0 amide bonds. The highest BCUT2D eigenvalue weighted by atomic mass is 16.5. The van der Waals surface area contributed by atoms with Gasteiger partial charge >= 0.3 is 0 Å². The van der Waals surface area contributed by atoms with Gasteiger partial charge in [-0.25, -0.2) is 0 Å². The number of likely N-dealkylation sites (N-methyl/N-ethyl adjacent to an activating group) is 1. The molecular formula is C18H29NO. The molecule has 1 aliphatic carbocycles. The summed E-state index contributed by atoms with van der Waals surface area (Å²) < 4.78 is 6.36. The van der Waals surface area contributed by atoms with Crippen LogP contribution in [0.25, 0.3) is 0 Å². The second-order valence-corrected chi connectivity index (χ2v) is 5.81. The van der Waals surface area contributed by atoms with Crippen molar-refractivity contribution in [1.29, 1.82) is 0 Å². The number of hydrogen-bond acceptors (Lipinski definition) is 2. The van der Waals surface area contributed by atoms with Crippen LogP contribution in [0.3, 0.4) is 0 Å². The maximum Gasteiger partial charge on any atom is 0.0876 e. The summed E-state index contributed by atoms with van der Waals surface area (Å²) in [6.45, 7) is 6.09. The summed E-state index contributed by atoms with van der Waals surface area (Å²) in [7, 11) is 0. The van der Waals surface area contributed by atoms with Gasteiger partial charge in [0.1, 0.15) is 0 Å². The molecule has 0 radical (unpaired) electrons. The third-order valence-electron chi connectivity index (χ3n) is 4.45. The van der Waals surface area contributed by atoms with E-state index >= 15 is 0 Å². The predicted molar refractivity (Wildman–Crippen MR) is 84.9 cm³/mol. The Hall–Kier alpha value is -0.860. The lowest BCUT2D eigenvalue weighted by atomic mass is 9.82. The van der Waals surface area contributed by atoms with Crippen LogP contribution < -0.4 is 5.32 Å². The van der Waals surface area contributed by atoms with Crippen LogP contribution in [0.15, 0.2) is 30.3 Å². The Labute approximate surface area is 123 Å². The van der Waals surface area contributed by atoms with E-state index in [0.717, 1.165) is 13.2 Å². The third kappa shape index (κ3) is 3.62. The molecular weight excluding hydrogens is 246 g/mol. The van der Waals surface area contributed by atoms with E-state index in [0.29, 0.717) is 6.04 Å². The Morgan fingerprint density at radius 2 is 1.70 bits per heavy atom. The highest BCUT2D eigenvalue weighted by Gasteiger charge is 2.40. The van der Waals surface area contributed by atoms with Crippen molar-refractivity contribution in [3.8, 4) is 0 Å². The average Bonchev–Trinajstić information content (AvgIpc) is 2.72. The van der Waals surface area contributed by atoms with E-state index in [-0.39, 0.29) is 5.60 Å². The number of benzene rings is 1. The molecule has 0 spiro atoms. The fourth-order valence-electron chi connectivity index (χ4n) is 3.59. The lowest BCUT2D eigenvalue weighted by Crippen LogP contribution is -2.46. The number of nitrogens with one attached hydrogen (secondary N) is 1. The Balaban J connectivity index is 2.30. The maximum absolute atomic E-state index is 6.36. The summed E-state index contributed by atoms with van der Waals surface area (Å²) in [5.74, 6) is 0. The van der Waals surface area contributed by atoms with Gasteiger partial charge in [0.15, 0.2) is 0 Å². The summed E-state index contributed by atoms with van der Waals surface area (Å²) in [5.41, 5.74) is 1.34. The molecule has 0 saturated heterocycles. The Morgan fingerprint density at radius 3 is 2.25 bits per heavy atom. The molecule has 20 heavy (non-hydrogen) atoms. The lowest BCUT2D eigenvalue weighted by molar-refractivity contribution is -0.0779. The van der Waals surface area contributed by atoms with Gasteiger partial charge in [0, 0.05) is 6.61 Å². The van der Waals surface area contributed by atoms with Crippen LogP contribution in [0.4, 0.5) is 0 Å². The first kappa shape index (κ1) is 15.5. The van der Waals surface area contributed by atoms with Crippen LogP contribution in [0, 0.1) is 0 Å². The molecule has 2 rings (SSSR count). The van der Waals surface area contributed by atoms with Gasteiger partial charge in [-0.1, -0.05) is 62.9 Å². The molecule has 2 nitrogen and oxygen atoms in total. The van der Waals surface area contributed by atoms with Gasteiger partial charge in [-0.2, -0.15) is 0 Å². The van der Waals surface area contributed by atoms with Crippen LogP contribution >= 0.6 is 0 Å². The highest BCUT2D eigenvalue weighted by Crippen LogP contribution is 2.40. The van der Waals surface area contributed by atoms with Crippen molar-refractivity contribution < 1.29 is 4.74 Å². The number of rotatable bonds is 6. The summed E-state index contributed by atoms with van der Waals surface area (Å²) in [6.07, 6.45) is 7.62. The normalized spacial score (nSPS) is 20.3. The zero-order chi connectivity index (χ0) is 14.3. The molecule has 1 N–H and O–H groups in total. The molecule has 112 valence electrons. The molecule has 1 fully saturated rings. The Bertz CT molecular complexity index is 368. The fraction of sp³-hybridized carbons (Fsp3) is 0.667. The van der Waals surface area contributed by atoms with Crippen molar-refractivity contribution in [2.75, 3.05) is 13.2 Å². The largest absolute Gasteiger partial charge is 0.373 e. The van der Waals surface area contributed by atoms with Crippen LogP contribution in [-0.2, 0) is 4.74 Å². The second-order valence-electron chi connectivity index (χ2n) is 5.81. The van der Waals surface area contributed by atoms with Crippen LogP contribution in [0.2, 0.25) is 0 Å². The first-order chi connectivity index (χ1) is 9.82. The SMILES string of the molecule is CCNC(c1ccccc1)C1(OCC)CCCCCC1. The van der Waals surface area contributed by atoms with Gasteiger partial charge in [-0.3, -0.25) is 0 Å². The minimum Gasteiger partial charge on any atom is -0.373 e. The molecule has 1 aliphatic rings. The van der Waals surface area contributed by atoms with Crippen molar-refractivity contribution in [1.82, 2.24) is 5.32 Å². The van der Waals surface area contributed by atoms with E-state index in [4.69, 9.17) is 4.74 Å². The number of hydrogen-bond donors (Lipinski definition) is 1. The molecule has 1 aromatic rings. The van der Waals surface area contributed by atoms with Gasteiger partial charge in [0.05, 0.1) is 11.6 Å². The van der Waals surface area contributed by atoms with E-state index in [1.54, 1.807) is 0 Å². The van der Waals surface area contributed by atoms with Gasteiger partial charge in [-0.05, 0) is 31.9 Å². The molecule has 1 saturated carbocycles. The number of ether oxygens (including phenoxy) is 1. The smallest absolute Gasteiger partial charge is 0.0876 e. The quantitative estimate of drug-likeness (QED) is 0.774. The first-order valence-corrected chi connectivity index (χ1v) is 8.24. The molecule has 0 aromatic heterocycles. The van der Waals surface area contributed by atoms with E-state index in [1.807, 2.05) is 0 Å². The topological polar surface area (TPSA) is 21.3 Å². The van der Waals surface area contributed by atoms with E-state index < -0.39 is 0 Å². The first-order valence-electron chi connectivity index (χ1n) is 8.24. The van der Waals surface area contributed by atoms with Crippen LogP contribution in [-0.4, -0.2) is 18.8 Å². The zero-order valence-electron chi connectivity index (χ0n) is 13.0. The molecule has 0 bridgehead atoms. The zero-order valence-corrected chi connectivity index (χ0v) is 13.0. The van der Waals surface area contributed by atoms with Crippen molar-refractivity contribution >= 4 is 0 Å². The summed E-state index contributed by atoms with van der Waals surface area (Å²) >= 11 is 0. The van der Waals surface area contributed by atoms with E-state index in [9.17, 15) is 0 Å². The van der Waals surface area contributed by atoms with Gasteiger partial charge in [0.25, 0.3) is 0 Å². The fourth-order valence-corrected chi connectivity index (χ4v) is 3.59. The lowest BCUT2D eigenvalue weighted by Gasteiger charge is -2.41. The second kappa shape index (κ2) is 7.80. The summed E-state index contributed by atoms with van der Waals surface area (Å²) in [4.78, 5) is 0. The Kier molecular flexibility index (Phi) is 6.06. The minimum atomic E-state index is -0.0252. The molecule has 0 heterocycles. The predicted octanol–water partition coefficient (Wildman–Crippen LogP) is 4.47. The van der Waals surface area contributed by atoms with Crippen molar-refractivity contribution in [2.24, 2.45) is 0 Å². The molecule has 2 heteroatoms. The van der Waals surface area contributed by atoms with Crippen molar-refractivity contribution in [3.63, 3.8) is 0 Å². The highest BCUT2D eigenvalue weighted by molar-refractivity contribution is 5.22. The molecule has 1 atom stereocenters. The molecule has 1 unspecified atom stereocenters. The van der Waals surface area contributed by atoms with Crippen LogP contribution in [0.1, 0.15) is 64.0 Å². The summed E-state index contributed by atoms with van der Waals surface area (Å²) in [6, 6.07) is 11.1. The third-order valence-corrected chi connectivity index (χ3v) is 4.45.